The van der Waals surface area contributed by atoms with E-state index in [0.717, 1.165) is 17.3 Å². The zero-order valence-corrected chi connectivity index (χ0v) is 17.1. The van der Waals surface area contributed by atoms with Crippen LogP contribution in [0.3, 0.4) is 0 Å². The molecule has 0 aliphatic carbocycles. The van der Waals surface area contributed by atoms with Gasteiger partial charge in [0, 0.05) is 13.6 Å². The van der Waals surface area contributed by atoms with Crippen LogP contribution in [0.2, 0.25) is 0 Å². The van der Waals surface area contributed by atoms with Gasteiger partial charge in [0.05, 0.1) is 18.4 Å². The minimum atomic E-state index is -2.87. The van der Waals surface area contributed by atoms with Crippen LogP contribution in [0.15, 0.2) is 58.2 Å². The van der Waals surface area contributed by atoms with Crippen molar-refractivity contribution in [3.8, 4) is 23.0 Å². The Morgan fingerprint density at radius 3 is 2.60 bits per heavy atom. The van der Waals surface area contributed by atoms with Gasteiger partial charge in [-0.05, 0) is 29.8 Å². The summed E-state index contributed by atoms with van der Waals surface area (Å²) in [7, 11) is 3.21. The van der Waals surface area contributed by atoms with Gasteiger partial charge in [-0.15, -0.1) is 10.2 Å². The van der Waals surface area contributed by atoms with E-state index >= 15 is 0 Å². The topological polar surface area (TPSA) is 77.7 Å². The van der Waals surface area contributed by atoms with E-state index in [1.54, 1.807) is 38.4 Å². The Hall–Kier alpha value is -3.14. The van der Waals surface area contributed by atoms with Crippen LogP contribution in [0, 0.1) is 0 Å². The van der Waals surface area contributed by atoms with Crippen molar-refractivity contribution < 1.29 is 27.5 Å². The molecule has 1 amide bonds. The van der Waals surface area contributed by atoms with Gasteiger partial charge in [0.2, 0.25) is 5.91 Å². The normalized spacial score (nSPS) is 10.8. The summed E-state index contributed by atoms with van der Waals surface area (Å²) in [6.07, 6.45) is 0. The average molecular weight is 435 g/mol. The van der Waals surface area contributed by atoms with Gasteiger partial charge in [-0.1, -0.05) is 36.0 Å². The predicted octanol–water partition coefficient (Wildman–Crippen LogP) is 4.10. The average Bonchev–Trinajstić information content (AvgIpc) is 3.21. The van der Waals surface area contributed by atoms with Crippen LogP contribution in [-0.4, -0.2) is 47.5 Å². The summed E-state index contributed by atoms with van der Waals surface area (Å²) in [5, 5.41) is 8.24. The number of nitrogens with zero attached hydrogens (tertiary/aromatic N) is 3. The van der Waals surface area contributed by atoms with Crippen LogP contribution in [0.25, 0.3) is 11.5 Å². The second-order valence-electron chi connectivity index (χ2n) is 6.13. The molecule has 30 heavy (non-hydrogen) atoms. The van der Waals surface area contributed by atoms with Crippen LogP contribution in [0.1, 0.15) is 5.56 Å². The van der Waals surface area contributed by atoms with Crippen LogP contribution in [0.5, 0.6) is 11.5 Å². The first-order valence-electron chi connectivity index (χ1n) is 8.83. The summed E-state index contributed by atoms with van der Waals surface area (Å²) in [6, 6.07) is 13.4. The third kappa shape index (κ3) is 5.69. The molecular weight excluding hydrogens is 416 g/mol. The summed E-state index contributed by atoms with van der Waals surface area (Å²) < 4.78 is 39.6. The lowest BCUT2D eigenvalue weighted by Gasteiger charge is -2.17. The first kappa shape index (κ1) is 21.6. The van der Waals surface area contributed by atoms with Gasteiger partial charge in [0.1, 0.15) is 11.5 Å². The summed E-state index contributed by atoms with van der Waals surface area (Å²) in [5.74, 6) is 0.946. The number of hydrogen-bond acceptors (Lipinski definition) is 7. The first-order chi connectivity index (χ1) is 14.5. The van der Waals surface area contributed by atoms with Gasteiger partial charge in [0.25, 0.3) is 11.1 Å². The van der Waals surface area contributed by atoms with Crippen molar-refractivity contribution in [1.82, 2.24) is 15.1 Å². The number of alkyl halides is 2. The lowest BCUT2D eigenvalue weighted by Crippen LogP contribution is -2.27. The molecule has 0 N–H and O–H groups in total. The highest BCUT2D eigenvalue weighted by atomic mass is 32.2. The highest BCUT2D eigenvalue weighted by Gasteiger charge is 2.16. The van der Waals surface area contributed by atoms with E-state index in [1.807, 2.05) is 12.1 Å². The summed E-state index contributed by atoms with van der Waals surface area (Å²) >= 11 is 1.13. The fourth-order valence-electron chi connectivity index (χ4n) is 2.57. The molecule has 0 aliphatic rings. The zero-order valence-electron chi connectivity index (χ0n) is 16.2. The molecule has 158 valence electrons. The Kier molecular flexibility index (Phi) is 7.23. The highest BCUT2D eigenvalue weighted by molar-refractivity contribution is 7.99. The maximum absolute atomic E-state index is 12.4. The second-order valence-corrected chi connectivity index (χ2v) is 7.06. The number of benzene rings is 2. The van der Waals surface area contributed by atoms with Crippen molar-refractivity contribution in [3.63, 3.8) is 0 Å². The molecule has 0 spiro atoms. The zero-order chi connectivity index (χ0) is 21.5. The van der Waals surface area contributed by atoms with E-state index in [9.17, 15) is 13.6 Å². The standard InChI is InChI=1S/C20H19F2N3O4S/c1-25(11-13-7-9-14(10-8-13)28-19(21)22)17(26)12-30-20-24-23-18(29-20)15-5-3-4-6-16(15)27-2/h3-10,19H,11-12H2,1-2H3. The number of methoxy groups -OCH3 is 1. The molecule has 0 bridgehead atoms. The van der Waals surface area contributed by atoms with E-state index in [1.165, 1.54) is 17.0 Å². The van der Waals surface area contributed by atoms with Crippen molar-refractivity contribution in [3.05, 3.63) is 54.1 Å². The molecular formula is C20H19F2N3O4S. The number of carbonyl (C=O) groups is 1. The van der Waals surface area contributed by atoms with Crippen molar-refractivity contribution in [2.45, 2.75) is 18.4 Å². The number of ether oxygens (including phenoxy) is 2. The largest absolute Gasteiger partial charge is 0.496 e. The molecule has 10 heteroatoms. The number of amides is 1. The number of para-hydroxylation sites is 1. The smallest absolute Gasteiger partial charge is 0.387 e. The number of halogens is 2. The monoisotopic (exact) mass is 435 g/mol. The number of carbonyl (C=O) groups excluding carboxylic acids is 1. The Labute approximate surface area is 176 Å². The quantitative estimate of drug-likeness (QED) is 0.468. The van der Waals surface area contributed by atoms with Crippen LogP contribution in [-0.2, 0) is 11.3 Å². The first-order valence-corrected chi connectivity index (χ1v) is 9.82. The lowest BCUT2D eigenvalue weighted by molar-refractivity contribution is -0.127. The molecule has 0 saturated heterocycles. The molecule has 0 saturated carbocycles. The van der Waals surface area contributed by atoms with Crippen LogP contribution in [0.4, 0.5) is 8.78 Å². The Morgan fingerprint density at radius 1 is 1.17 bits per heavy atom. The van der Waals surface area contributed by atoms with Crippen molar-refractivity contribution in [2.75, 3.05) is 19.9 Å². The van der Waals surface area contributed by atoms with Gasteiger partial charge in [-0.2, -0.15) is 8.78 Å². The van der Waals surface area contributed by atoms with Crippen molar-refractivity contribution in [1.29, 1.82) is 0 Å². The molecule has 2 aromatic carbocycles. The SMILES string of the molecule is COc1ccccc1-c1nnc(SCC(=O)N(C)Cc2ccc(OC(F)F)cc2)o1. The van der Waals surface area contributed by atoms with Gasteiger partial charge in [-0.3, -0.25) is 4.79 Å². The van der Waals surface area contributed by atoms with Gasteiger partial charge in [-0.25, -0.2) is 0 Å². The predicted molar refractivity (Wildman–Crippen MR) is 107 cm³/mol. The number of thioether (sulfide) groups is 1. The van der Waals surface area contributed by atoms with Crippen molar-refractivity contribution in [2.24, 2.45) is 0 Å². The molecule has 7 nitrogen and oxygen atoms in total. The van der Waals surface area contributed by atoms with Crippen LogP contribution < -0.4 is 9.47 Å². The maximum atomic E-state index is 12.4. The van der Waals surface area contributed by atoms with E-state index in [2.05, 4.69) is 14.9 Å². The minimum Gasteiger partial charge on any atom is -0.496 e. The van der Waals surface area contributed by atoms with Crippen molar-refractivity contribution >= 4 is 17.7 Å². The third-order valence-electron chi connectivity index (χ3n) is 4.06. The van der Waals surface area contributed by atoms with Gasteiger partial charge in [0.15, 0.2) is 0 Å². The van der Waals surface area contributed by atoms with E-state index in [4.69, 9.17) is 9.15 Å². The molecule has 0 fully saturated rings. The lowest BCUT2D eigenvalue weighted by atomic mass is 10.2. The molecule has 3 aromatic rings. The summed E-state index contributed by atoms with van der Waals surface area (Å²) in [4.78, 5) is 13.9. The number of hydrogen-bond donors (Lipinski definition) is 0. The van der Waals surface area contributed by atoms with E-state index in [-0.39, 0.29) is 22.6 Å². The fourth-order valence-corrected chi connectivity index (χ4v) is 3.27. The van der Waals surface area contributed by atoms with E-state index < -0.39 is 6.61 Å². The second kappa shape index (κ2) is 10.1. The molecule has 1 heterocycles. The fraction of sp³-hybridized carbons (Fsp3) is 0.250. The number of rotatable bonds is 9. The molecule has 0 radical (unpaired) electrons. The molecule has 0 atom stereocenters. The Morgan fingerprint density at radius 2 is 1.90 bits per heavy atom. The van der Waals surface area contributed by atoms with E-state index in [0.29, 0.717) is 23.7 Å². The molecule has 3 rings (SSSR count). The summed E-state index contributed by atoms with van der Waals surface area (Å²) in [5.41, 5.74) is 1.45. The van der Waals surface area contributed by atoms with Gasteiger partial charge < -0.3 is 18.8 Å². The third-order valence-corrected chi connectivity index (χ3v) is 4.86. The summed E-state index contributed by atoms with van der Waals surface area (Å²) in [6.45, 7) is -2.55. The molecule has 0 unspecified atom stereocenters. The van der Waals surface area contributed by atoms with Gasteiger partial charge >= 0.3 is 6.61 Å². The Bertz CT molecular complexity index is 982. The van der Waals surface area contributed by atoms with Crippen LogP contribution >= 0.6 is 11.8 Å². The highest BCUT2D eigenvalue weighted by Crippen LogP contribution is 2.30. The molecule has 0 aliphatic heterocycles. The maximum Gasteiger partial charge on any atom is 0.387 e. The Balaban J connectivity index is 1.53. The molecule has 1 aromatic heterocycles. The number of aromatic nitrogens is 2. The minimum absolute atomic E-state index is 0.0699.